The second kappa shape index (κ2) is 5.48. The lowest BCUT2D eigenvalue weighted by molar-refractivity contribution is -0.178. The van der Waals surface area contributed by atoms with Crippen molar-refractivity contribution in [3.8, 4) is 0 Å². The van der Waals surface area contributed by atoms with Gasteiger partial charge in [-0.1, -0.05) is 17.7 Å². The normalized spacial score (nSPS) is 15.2. The summed E-state index contributed by atoms with van der Waals surface area (Å²) in [4.78, 5) is 26.2. The van der Waals surface area contributed by atoms with Crippen LogP contribution in [0, 0.1) is 11.7 Å². The summed E-state index contributed by atoms with van der Waals surface area (Å²) in [5.41, 5.74) is -0.170. The second-order valence-electron chi connectivity index (χ2n) is 4.23. The molecule has 0 aliphatic heterocycles. The molecule has 0 N–H and O–H groups in total. The number of carbonyl (C=O) groups excluding carboxylic acids is 2. The van der Waals surface area contributed by atoms with Crippen LogP contribution >= 0.6 is 11.6 Å². The lowest BCUT2D eigenvalue weighted by Crippen LogP contribution is -2.14. The van der Waals surface area contributed by atoms with Gasteiger partial charge in [0.15, 0.2) is 5.78 Å². The van der Waals surface area contributed by atoms with Gasteiger partial charge in [0.25, 0.3) is 0 Å². The number of halogens is 3. The molecule has 0 spiro atoms. The molecule has 1 saturated carbocycles. The number of carbonyl (C=O) groups is 2. The van der Waals surface area contributed by atoms with E-state index in [9.17, 15) is 18.5 Å². The highest BCUT2D eigenvalue weighted by Crippen LogP contribution is 2.33. The maximum atomic E-state index is 12.9. The fourth-order valence-electron chi connectivity index (χ4n) is 1.61. The van der Waals surface area contributed by atoms with E-state index in [-0.39, 0.29) is 16.5 Å². The van der Waals surface area contributed by atoms with Crippen LogP contribution in [0.4, 0.5) is 8.92 Å². The molecule has 1 aliphatic carbocycles. The van der Waals surface area contributed by atoms with Crippen molar-refractivity contribution in [2.75, 3.05) is 0 Å². The van der Waals surface area contributed by atoms with Gasteiger partial charge in [-0.2, -0.15) is 0 Å². The number of hydrogen-bond donors (Lipinski definition) is 0. The molecule has 3 nitrogen and oxygen atoms in total. The average molecular weight is 287 g/mol. The van der Waals surface area contributed by atoms with E-state index in [1.807, 2.05) is 0 Å². The van der Waals surface area contributed by atoms with E-state index in [0.29, 0.717) is 12.8 Å². The third-order valence-electron chi connectivity index (χ3n) is 2.77. The fraction of sp³-hybridized carbons (Fsp3) is 0.231. The Balaban J connectivity index is 2.38. The Morgan fingerprint density at radius 3 is 2.58 bits per heavy atom. The summed E-state index contributed by atoms with van der Waals surface area (Å²) in [5, 5.41) is 0.0211. The van der Waals surface area contributed by atoms with Crippen molar-refractivity contribution in [1.82, 2.24) is 0 Å². The SMILES string of the molecule is O=C(OF)/C(=C/c1ccc(F)cc1Cl)C(=O)C1CC1. The topological polar surface area (TPSA) is 43.4 Å². The van der Waals surface area contributed by atoms with Crippen LogP contribution < -0.4 is 0 Å². The summed E-state index contributed by atoms with van der Waals surface area (Å²) in [7, 11) is 0. The van der Waals surface area contributed by atoms with Gasteiger partial charge >= 0.3 is 5.97 Å². The molecule has 0 atom stereocenters. The molecule has 1 aliphatic rings. The van der Waals surface area contributed by atoms with Crippen LogP contribution in [-0.2, 0) is 14.5 Å². The molecule has 1 aromatic rings. The van der Waals surface area contributed by atoms with Crippen molar-refractivity contribution in [3.05, 3.63) is 40.2 Å². The summed E-state index contributed by atoms with van der Waals surface area (Å²) in [6.07, 6.45) is 2.43. The van der Waals surface area contributed by atoms with Crippen molar-refractivity contribution >= 4 is 29.4 Å². The van der Waals surface area contributed by atoms with Crippen molar-refractivity contribution in [2.45, 2.75) is 12.8 Å². The molecule has 0 aromatic heterocycles. The Morgan fingerprint density at radius 2 is 2.05 bits per heavy atom. The Bertz CT molecular complexity index is 565. The summed E-state index contributed by atoms with van der Waals surface area (Å²) >= 11 is 5.78. The third-order valence-corrected chi connectivity index (χ3v) is 3.09. The van der Waals surface area contributed by atoms with E-state index in [0.717, 1.165) is 18.2 Å². The smallest absolute Gasteiger partial charge is 0.294 e. The summed E-state index contributed by atoms with van der Waals surface area (Å²) < 4.78 is 24.9. The van der Waals surface area contributed by atoms with Gasteiger partial charge in [-0.15, -0.1) is 0 Å². The van der Waals surface area contributed by atoms with Gasteiger partial charge in [-0.25, -0.2) is 14.1 Å². The minimum Gasteiger partial charge on any atom is -0.294 e. The zero-order chi connectivity index (χ0) is 14.0. The highest BCUT2D eigenvalue weighted by Gasteiger charge is 2.35. The van der Waals surface area contributed by atoms with Crippen LogP contribution in [0.2, 0.25) is 5.02 Å². The Morgan fingerprint density at radius 1 is 1.37 bits per heavy atom. The number of Topliss-reactive ketones (excluding diaryl/α,β-unsaturated/α-hetero) is 1. The van der Waals surface area contributed by atoms with Crippen LogP contribution in [0.3, 0.4) is 0 Å². The number of ketones is 1. The van der Waals surface area contributed by atoms with Crippen LogP contribution in [-0.4, -0.2) is 11.8 Å². The molecule has 6 heteroatoms. The van der Waals surface area contributed by atoms with E-state index < -0.39 is 23.1 Å². The predicted molar refractivity (Wildman–Crippen MR) is 64.3 cm³/mol. The van der Waals surface area contributed by atoms with Crippen molar-refractivity contribution in [2.24, 2.45) is 5.92 Å². The van der Waals surface area contributed by atoms with Gasteiger partial charge in [-0.05, 0) is 36.6 Å². The maximum absolute atomic E-state index is 12.9. The van der Waals surface area contributed by atoms with E-state index in [4.69, 9.17) is 11.6 Å². The molecule has 0 radical (unpaired) electrons. The first kappa shape index (κ1) is 13.7. The Labute approximate surface area is 112 Å². The monoisotopic (exact) mass is 286 g/mol. The first-order valence-electron chi connectivity index (χ1n) is 5.57. The van der Waals surface area contributed by atoms with E-state index in [1.165, 1.54) is 6.07 Å². The minimum absolute atomic E-state index is 0.0211. The number of benzene rings is 1. The molecule has 2 rings (SSSR count). The van der Waals surface area contributed by atoms with Gasteiger partial charge in [0.1, 0.15) is 11.4 Å². The van der Waals surface area contributed by atoms with Gasteiger partial charge < -0.3 is 0 Å². The van der Waals surface area contributed by atoms with E-state index in [2.05, 4.69) is 4.94 Å². The first-order chi connectivity index (χ1) is 9.02. The zero-order valence-corrected chi connectivity index (χ0v) is 10.4. The molecule has 0 saturated heterocycles. The molecule has 1 fully saturated rings. The highest BCUT2D eigenvalue weighted by molar-refractivity contribution is 6.32. The molecular formula is C13H9ClF2O3. The van der Waals surface area contributed by atoms with Crippen LogP contribution in [0.25, 0.3) is 6.08 Å². The van der Waals surface area contributed by atoms with Crippen molar-refractivity contribution in [1.29, 1.82) is 0 Å². The standard InChI is InChI=1S/C13H9ClF2O3/c14-11-6-9(15)4-3-8(11)5-10(13(18)19-16)12(17)7-1-2-7/h3-7H,1-2H2/b10-5+. The second-order valence-corrected chi connectivity index (χ2v) is 4.63. The van der Waals surface area contributed by atoms with Gasteiger partial charge in [-0.3, -0.25) is 4.79 Å². The largest absolute Gasteiger partial charge is 0.383 e. The predicted octanol–water partition coefficient (Wildman–Crippen LogP) is 3.27. The van der Waals surface area contributed by atoms with Crippen LogP contribution in [0.5, 0.6) is 0 Å². The molecule has 0 bridgehead atoms. The molecule has 1 aromatic carbocycles. The van der Waals surface area contributed by atoms with Gasteiger partial charge in [0.2, 0.25) is 0 Å². The van der Waals surface area contributed by atoms with Crippen LogP contribution in [0.1, 0.15) is 18.4 Å². The molecule has 19 heavy (non-hydrogen) atoms. The number of hydrogen-bond acceptors (Lipinski definition) is 3. The van der Waals surface area contributed by atoms with E-state index >= 15 is 0 Å². The minimum atomic E-state index is -1.36. The summed E-state index contributed by atoms with van der Waals surface area (Å²) in [6, 6.07) is 3.45. The van der Waals surface area contributed by atoms with E-state index in [1.54, 1.807) is 0 Å². The Kier molecular flexibility index (Phi) is 3.95. The average Bonchev–Trinajstić information content (AvgIpc) is 3.20. The molecule has 0 heterocycles. The van der Waals surface area contributed by atoms with Gasteiger partial charge in [0, 0.05) is 10.4 Å². The van der Waals surface area contributed by atoms with Gasteiger partial charge in [0.05, 0.1) is 5.02 Å². The lowest BCUT2D eigenvalue weighted by Gasteiger charge is -2.03. The molecule has 100 valence electrons. The lowest BCUT2D eigenvalue weighted by atomic mass is 10.0. The maximum Gasteiger partial charge on any atom is 0.383 e. The molecule has 0 unspecified atom stereocenters. The van der Waals surface area contributed by atoms with Crippen molar-refractivity contribution < 1.29 is 23.4 Å². The molecule has 0 amide bonds. The molecular weight excluding hydrogens is 278 g/mol. The quantitative estimate of drug-likeness (QED) is 0.485. The highest BCUT2D eigenvalue weighted by atomic mass is 35.5. The van der Waals surface area contributed by atoms with Crippen LogP contribution in [0.15, 0.2) is 23.8 Å². The first-order valence-corrected chi connectivity index (χ1v) is 5.94. The summed E-state index contributed by atoms with van der Waals surface area (Å²) in [6.45, 7) is 0. The number of rotatable bonds is 4. The summed E-state index contributed by atoms with van der Waals surface area (Å²) in [5.74, 6) is -2.67. The van der Waals surface area contributed by atoms with Crippen molar-refractivity contribution in [3.63, 3.8) is 0 Å². The third kappa shape index (κ3) is 3.17. The fourth-order valence-corrected chi connectivity index (χ4v) is 1.83. The Hall–Kier alpha value is -1.75. The zero-order valence-electron chi connectivity index (χ0n) is 9.66.